The Kier molecular flexibility index (Phi) is 5.65. The zero-order valence-corrected chi connectivity index (χ0v) is 19.3. The largest absolute Gasteiger partial charge is 0.494 e. The molecule has 0 unspecified atom stereocenters. The third-order valence-electron chi connectivity index (χ3n) is 6.27. The molecule has 7 nitrogen and oxygen atoms in total. The van der Waals surface area contributed by atoms with Crippen molar-refractivity contribution in [2.45, 2.75) is 26.2 Å². The van der Waals surface area contributed by atoms with Crippen LogP contribution >= 0.6 is 0 Å². The first-order valence-corrected chi connectivity index (χ1v) is 11.2. The molecule has 2 aromatic heterocycles. The third-order valence-corrected chi connectivity index (χ3v) is 6.27. The molecule has 3 heterocycles. The van der Waals surface area contributed by atoms with E-state index in [-0.39, 0.29) is 23.3 Å². The molecule has 0 saturated carbocycles. The number of methoxy groups -OCH3 is 1. The number of hydrogen-bond donors (Lipinski definition) is 0. The first-order chi connectivity index (χ1) is 16.5. The van der Waals surface area contributed by atoms with Gasteiger partial charge in [-0.05, 0) is 49.7 Å². The molecule has 0 radical (unpaired) electrons. The van der Waals surface area contributed by atoms with Crippen LogP contribution < -0.4 is 9.47 Å². The van der Waals surface area contributed by atoms with Crippen molar-refractivity contribution in [1.82, 2.24) is 19.3 Å². The van der Waals surface area contributed by atoms with Crippen LogP contribution in [-0.2, 0) is 4.79 Å². The number of aromatic nitrogens is 3. The number of imidazole rings is 1. The van der Waals surface area contributed by atoms with Gasteiger partial charge in [-0.2, -0.15) is 4.39 Å². The molecule has 0 spiro atoms. The number of nitrogens with zero attached hydrogens (tertiary/aromatic N) is 4. The monoisotopic (exact) mass is 460 g/mol. The smallest absolute Gasteiger partial charge is 0.219 e. The van der Waals surface area contributed by atoms with E-state index in [0.717, 1.165) is 41.3 Å². The van der Waals surface area contributed by atoms with Crippen LogP contribution in [0, 0.1) is 12.7 Å². The highest BCUT2D eigenvalue weighted by atomic mass is 19.1. The molecular formula is C26H25FN4O3. The highest BCUT2D eigenvalue weighted by Crippen LogP contribution is 2.35. The van der Waals surface area contributed by atoms with Gasteiger partial charge < -0.3 is 14.4 Å². The topological polar surface area (TPSA) is 69.0 Å². The lowest BCUT2D eigenvalue weighted by Crippen LogP contribution is -2.25. The van der Waals surface area contributed by atoms with Gasteiger partial charge in [0, 0.05) is 43.9 Å². The average molecular weight is 461 g/mol. The molecule has 174 valence electrons. The Morgan fingerprint density at radius 2 is 1.91 bits per heavy atom. The fraction of sp³-hybridized carbons (Fsp3) is 0.269. The number of hydrogen-bond acceptors (Lipinski definition) is 5. The average Bonchev–Trinajstić information content (AvgIpc) is 3.47. The van der Waals surface area contributed by atoms with E-state index >= 15 is 0 Å². The van der Waals surface area contributed by atoms with Crippen molar-refractivity contribution in [3.63, 3.8) is 0 Å². The number of likely N-dealkylation sites (tertiary alicyclic amines) is 1. The standard InChI is InChI=1S/C26H25FN4O3/c1-16-25-24(29-26(31(25)14-12-28-16)19-11-13-30(15-19)17(2)32)18-7-9-20(10-8-18)34-22-6-4-5-21(33-3)23(22)27/h4-10,12,14,19H,11,13,15H2,1-3H3/t19-/m1/s1. The fourth-order valence-electron chi connectivity index (χ4n) is 4.50. The van der Waals surface area contributed by atoms with Crippen molar-refractivity contribution in [2.24, 2.45) is 0 Å². The number of benzene rings is 2. The number of carbonyl (C=O) groups is 1. The lowest BCUT2D eigenvalue weighted by molar-refractivity contribution is -0.127. The molecule has 0 N–H and O–H groups in total. The summed E-state index contributed by atoms with van der Waals surface area (Å²) in [7, 11) is 1.42. The quantitative estimate of drug-likeness (QED) is 0.420. The highest BCUT2D eigenvalue weighted by Gasteiger charge is 2.30. The summed E-state index contributed by atoms with van der Waals surface area (Å²) in [6.45, 7) is 4.96. The number of carbonyl (C=O) groups excluding carboxylic acids is 1. The van der Waals surface area contributed by atoms with Crippen molar-refractivity contribution in [1.29, 1.82) is 0 Å². The Bertz CT molecular complexity index is 1370. The maximum atomic E-state index is 14.5. The van der Waals surface area contributed by atoms with Crippen LogP contribution in [0.2, 0.25) is 0 Å². The van der Waals surface area contributed by atoms with Gasteiger partial charge in [0.05, 0.1) is 24.0 Å². The maximum Gasteiger partial charge on any atom is 0.219 e. The van der Waals surface area contributed by atoms with Crippen LogP contribution in [0.15, 0.2) is 54.9 Å². The zero-order chi connectivity index (χ0) is 23.8. The Hall–Kier alpha value is -3.94. The van der Waals surface area contributed by atoms with Crippen LogP contribution in [0.4, 0.5) is 4.39 Å². The second-order valence-electron chi connectivity index (χ2n) is 8.40. The summed E-state index contributed by atoms with van der Waals surface area (Å²) in [4.78, 5) is 23.2. The Labute approximate surface area is 196 Å². The van der Waals surface area contributed by atoms with E-state index in [0.29, 0.717) is 12.3 Å². The van der Waals surface area contributed by atoms with E-state index in [2.05, 4.69) is 9.38 Å². The van der Waals surface area contributed by atoms with Crippen molar-refractivity contribution in [3.8, 4) is 28.5 Å². The minimum absolute atomic E-state index is 0.0875. The first kappa shape index (κ1) is 21.9. The SMILES string of the molecule is COc1cccc(Oc2ccc(-c3nc([C@@H]4CCN(C(C)=O)C4)n4ccnc(C)c34)cc2)c1F. The first-order valence-electron chi connectivity index (χ1n) is 11.2. The summed E-state index contributed by atoms with van der Waals surface area (Å²) >= 11 is 0. The van der Waals surface area contributed by atoms with Gasteiger partial charge in [0.1, 0.15) is 11.6 Å². The summed E-state index contributed by atoms with van der Waals surface area (Å²) in [5.74, 6) is 1.36. The lowest BCUT2D eigenvalue weighted by atomic mass is 10.1. The van der Waals surface area contributed by atoms with Crippen LogP contribution in [0.5, 0.6) is 17.2 Å². The molecule has 1 saturated heterocycles. The van der Waals surface area contributed by atoms with E-state index in [4.69, 9.17) is 14.5 Å². The molecule has 1 atom stereocenters. The third kappa shape index (κ3) is 3.85. The zero-order valence-electron chi connectivity index (χ0n) is 19.3. The molecule has 34 heavy (non-hydrogen) atoms. The summed E-state index contributed by atoms with van der Waals surface area (Å²) in [5.41, 5.74) is 3.53. The molecule has 0 aliphatic carbocycles. The van der Waals surface area contributed by atoms with Gasteiger partial charge in [0.15, 0.2) is 11.5 Å². The normalized spacial score (nSPS) is 15.6. The minimum atomic E-state index is -0.545. The number of halogens is 1. The van der Waals surface area contributed by atoms with Gasteiger partial charge >= 0.3 is 0 Å². The molecule has 4 aromatic rings. The van der Waals surface area contributed by atoms with Crippen LogP contribution in [-0.4, -0.2) is 45.4 Å². The van der Waals surface area contributed by atoms with Gasteiger partial charge in [0.25, 0.3) is 0 Å². The molecule has 1 fully saturated rings. The summed E-state index contributed by atoms with van der Waals surface area (Å²) in [6, 6.07) is 12.2. The molecule has 1 aliphatic heterocycles. The summed E-state index contributed by atoms with van der Waals surface area (Å²) in [6.07, 6.45) is 4.57. The molecule has 1 amide bonds. The van der Waals surface area contributed by atoms with Gasteiger partial charge in [-0.1, -0.05) is 6.07 Å². The van der Waals surface area contributed by atoms with E-state index < -0.39 is 5.82 Å². The van der Waals surface area contributed by atoms with Gasteiger partial charge in [0.2, 0.25) is 11.7 Å². The summed E-state index contributed by atoms with van der Waals surface area (Å²) < 4.78 is 27.3. The molecular weight excluding hydrogens is 435 g/mol. The predicted molar refractivity (Wildman–Crippen MR) is 126 cm³/mol. The number of aryl methyl sites for hydroxylation is 1. The lowest BCUT2D eigenvalue weighted by Gasteiger charge is -2.13. The van der Waals surface area contributed by atoms with E-state index in [1.807, 2.05) is 30.2 Å². The second-order valence-corrected chi connectivity index (χ2v) is 8.40. The second kappa shape index (κ2) is 8.78. The van der Waals surface area contributed by atoms with Crippen molar-refractivity contribution in [2.75, 3.05) is 20.2 Å². The van der Waals surface area contributed by atoms with Gasteiger partial charge in [-0.25, -0.2) is 4.98 Å². The van der Waals surface area contributed by atoms with E-state index in [1.54, 1.807) is 43.5 Å². The minimum Gasteiger partial charge on any atom is -0.494 e. The van der Waals surface area contributed by atoms with E-state index in [1.165, 1.54) is 7.11 Å². The fourth-order valence-corrected chi connectivity index (χ4v) is 4.50. The molecule has 1 aliphatic rings. The van der Waals surface area contributed by atoms with Gasteiger partial charge in [-0.3, -0.25) is 14.2 Å². The Morgan fingerprint density at radius 3 is 2.62 bits per heavy atom. The van der Waals surface area contributed by atoms with Crippen molar-refractivity contribution >= 4 is 11.4 Å². The Balaban J connectivity index is 1.48. The maximum absolute atomic E-state index is 14.5. The highest BCUT2D eigenvalue weighted by molar-refractivity contribution is 5.80. The van der Waals surface area contributed by atoms with Crippen LogP contribution in [0.3, 0.4) is 0 Å². The predicted octanol–water partition coefficient (Wildman–Crippen LogP) is 4.98. The Morgan fingerprint density at radius 1 is 1.15 bits per heavy atom. The molecule has 5 rings (SSSR count). The van der Waals surface area contributed by atoms with Crippen molar-refractivity contribution in [3.05, 3.63) is 72.2 Å². The van der Waals surface area contributed by atoms with Crippen LogP contribution in [0.25, 0.3) is 16.8 Å². The molecule has 0 bridgehead atoms. The molecule has 2 aromatic carbocycles. The summed E-state index contributed by atoms with van der Waals surface area (Å²) in [5, 5.41) is 0. The van der Waals surface area contributed by atoms with Crippen molar-refractivity contribution < 1.29 is 18.7 Å². The number of fused-ring (bicyclic) bond motifs is 1. The van der Waals surface area contributed by atoms with E-state index in [9.17, 15) is 9.18 Å². The van der Waals surface area contributed by atoms with Crippen LogP contribution in [0.1, 0.15) is 30.8 Å². The van der Waals surface area contributed by atoms with Gasteiger partial charge in [-0.15, -0.1) is 0 Å². The number of ether oxygens (including phenoxy) is 2. The molecule has 8 heteroatoms. The number of rotatable bonds is 5. The number of amides is 1.